The van der Waals surface area contributed by atoms with Crippen LogP contribution in [0.3, 0.4) is 0 Å². The molecule has 2 rings (SSSR count). The lowest BCUT2D eigenvalue weighted by Crippen LogP contribution is -2.37. The maximum absolute atomic E-state index is 12.5. The standard InChI is InChI=1S/C18H27F2N3O3.HI/c1-21-18(22-8-3-9-25-12-13-4-5-13)23-11-14-10-15(24-2)6-7-16(14)26-17(19)20;/h6-7,10,13,17H,3-5,8-9,11-12H2,1-2H3,(H2,21,22,23);1H. The molecule has 0 heterocycles. The summed E-state index contributed by atoms with van der Waals surface area (Å²) in [5.74, 6) is 2.03. The van der Waals surface area contributed by atoms with Gasteiger partial charge in [0.1, 0.15) is 11.5 Å². The largest absolute Gasteiger partial charge is 0.497 e. The molecule has 0 spiro atoms. The SMILES string of the molecule is CN=C(NCCCOCC1CC1)NCc1cc(OC)ccc1OC(F)F.I. The minimum absolute atomic E-state index is 0. The lowest BCUT2D eigenvalue weighted by Gasteiger charge is -2.15. The van der Waals surface area contributed by atoms with E-state index in [9.17, 15) is 8.78 Å². The van der Waals surface area contributed by atoms with Crippen molar-refractivity contribution in [1.29, 1.82) is 0 Å². The van der Waals surface area contributed by atoms with E-state index in [1.807, 2.05) is 0 Å². The quantitative estimate of drug-likeness (QED) is 0.212. The molecule has 1 aliphatic carbocycles. The van der Waals surface area contributed by atoms with Gasteiger partial charge in [0.05, 0.1) is 7.11 Å². The molecular weight excluding hydrogens is 471 g/mol. The molecule has 0 radical (unpaired) electrons. The Kier molecular flexibility index (Phi) is 11.3. The van der Waals surface area contributed by atoms with Crippen molar-refractivity contribution in [3.8, 4) is 11.5 Å². The summed E-state index contributed by atoms with van der Waals surface area (Å²) in [6.45, 7) is -0.325. The number of hydrogen-bond donors (Lipinski definition) is 2. The molecule has 27 heavy (non-hydrogen) atoms. The molecule has 1 fully saturated rings. The van der Waals surface area contributed by atoms with Gasteiger partial charge in [-0.2, -0.15) is 8.78 Å². The molecule has 0 saturated heterocycles. The van der Waals surface area contributed by atoms with Gasteiger partial charge >= 0.3 is 6.61 Å². The third-order valence-electron chi connectivity index (χ3n) is 3.96. The number of benzene rings is 1. The minimum atomic E-state index is -2.88. The zero-order valence-electron chi connectivity index (χ0n) is 15.7. The van der Waals surface area contributed by atoms with Gasteiger partial charge in [0.15, 0.2) is 5.96 Å². The van der Waals surface area contributed by atoms with Gasteiger partial charge in [-0.25, -0.2) is 0 Å². The molecule has 2 N–H and O–H groups in total. The summed E-state index contributed by atoms with van der Waals surface area (Å²) in [4.78, 5) is 4.13. The third kappa shape index (κ3) is 9.41. The van der Waals surface area contributed by atoms with Gasteiger partial charge in [0.2, 0.25) is 0 Å². The van der Waals surface area contributed by atoms with E-state index < -0.39 is 6.61 Å². The zero-order valence-corrected chi connectivity index (χ0v) is 18.0. The zero-order chi connectivity index (χ0) is 18.8. The van der Waals surface area contributed by atoms with Crippen LogP contribution in [0.5, 0.6) is 11.5 Å². The fraction of sp³-hybridized carbons (Fsp3) is 0.611. The van der Waals surface area contributed by atoms with E-state index in [1.165, 1.54) is 26.0 Å². The van der Waals surface area contributed by atoms with Gasteiger partial charge in [-0.05, 0) is 43.4 Å². The van der Waals surface area contributed by atoms with Crippen molar-refractivity contribution in [2.45, 2.75) is 32.4 Å². The van der Waals surface area contributed by atoms with Crippen LogP contribution < -0.4 is 20.1 Å². The Balaban J connectivity index is 0.00000364. The van der Waals surface area contributed by atoms with E-state index in [0.717, 1.165) is 18.9 Å². The van der Waals surface area contributed by atoms with Crippen molar-refractivity contribution < 1.29 is 23.0 Å². The number of rotatable bonds is 11. The summed E-state index contributed by atoms with van der Waals surface area (Å²) in [5, 5.41) is 6.26. The monoisotopic (exact) mass is 499 g/mol. The Morgan fingerprint density at radius 2 is 2.07 bits per heavy atom. The van der Waals surface area contributed by atoms with Crippen molar-refractivity contribution in [3.05, 3.63) is 23.8 Å². The van der Waals surface area contributed by atoms with Crippen LogP contribution in [-0.4, -0.2) is 46.5 Å². The molecule has 0 unspecified atom stereocenters. The third-order valence-corrected chi connectivity index (χ3v) is 3.96. The average molecular weight is 499 g/mol. The van der Waals surface area contributed by atoms with Crippen molar-refractivity contribution in [1.82, 2.24) is 10.6 Å². The highest BCUT2D eigenvalue weighted by Gasteiger charge is 2.20. The molecule has 1 aliphatic rings. The smallest absolute Gasteiger partial charge is 0.387 e. The Bertz CT molecular complexity index is 587. The van der Waals surface area contributed by atoms with Crippen LogP contribution in [0.15, 0.2) is 23.2 Å². The van der Waals surface area contributed by atoms with E-state index in [2.05, 4.69) is 20.4 Å². The fourth-order valence-electron chi connectivity index (χ4n) is 2.35. The summed E-state index contributed by atoms with van der Waals surface area (Å²) in [6, 6.07) is 4.70. The fourth-order valence-corrected chi connectivity index (χ4v) is 2.35. The maximum atomic E-state index is 12.5. The average Bonchev–Trinajstić information content (AvgIpc) is 3.45. The summed E-state index contributed by atoms with van der Waals surface area (Å²) in [6.07, 6.45) is 3.44. The maximum Gasteiger partial charge on any atom is 0.387 e. The van der Waals surface area contributed by atoms with E-state index >= 15 is 0 Å². The van der Waals surface area contributed by atoms with E-state index in [-0.39, 0.29) is 36.3 Å². The van der Waals surface area contributed by atoms with Gasteiger partial charge in [-0.3, -0.25) is 4.99 Å². The highest BCUT2D eigenvalue weighted by Crippen LogP contribution is 2.28. The van der Waals surface area contributed by atoms with Crippen LogP contribution >= 0.6 is 24.0 Å². The van der Waals surface area contributed by atoms with Crippen molar-refractivity contribution in [2.75, 3.05) is 33.9 Å². The summed E-state index contributed by atoms with van der Waals surface area (Å²) >= 11 is 0. The summed E-state index contributed by atoms with van der Waals surface area (Å²) in [5.41, 5.74) is 0.556. The lowest BCUT2D eigenvalue weighted by molar-refractivity contribution is -0.0504. The number of alkyl halides is 2. The Morgan fingerprint density at radius 3 is 2.70 bits per heavy atom. The Hall–Kier alpha value is -1.36. The Labute approximate surface area is 176 Å². The predicted molar refractivity (Wildman–Crippen MR) is 111 cm³/mol. The lowest BCUT2D eigenvalue weighted by atomic mass is 10.2. The molecule has 9 heteroatoms. The van der Waals surface area contributed by atoms with Crippen LogP contribution in [0, 0.1) is 5.92 Å². The summed E-state index contributed by atoms with van der Waals surface area (Å²) < 4.78 is 40.4. The molecule has 6 nitrogen and oxygen atoms in total. The van der Waals surface area contributed by atoms with Crippen LogP contribution in [0.2, 0.25) is 0 Å². The second-order valence-electron chi connectivity index (χ2n) is 6.08. The molecule has 1 aromatic carbocycles. The number of ether oxygens (including phenoxy) is 3. The first-order valence-electron chi connectivity index (χ1n) is 8.76. The van der Waals surface area contributed by atoms with Gasteiger partial charge in [-0.1, -0.05) is 0 Å². The van der Waals surface area contributed by atoms with Gasteiger partial charge in [0, 0.05) is 38.9 Å². The van der Waals surface area contributed by atoms with Crippen LogP contribution in [0.25, 0.3) is 0 Å². The summed E-state index contributed by atoms with van der Waals surface area (Å²) in [7, 11) is 3.17. The highest BCUT2D eigenvalue weighted by atomic mass is 127. The number of nitrogens with one attached hydrogen (secondary N) is 2. The molecule has 0 atom stereocenters. The second kappa shape index (κ2) is 12.9. The first-order chi connectivity index (χ1) is 12.6. The number of nitrogens with zero attached hydrogens (tertiary/aromatic N) is 1. The topological polar surface area (TPSA) is 64.1 Å². The number of guanidine groups is 1. The molecule has 0 aromatic heterocycles. The van der Waals surface area contributed by atoms with Crippen LogP contribution in [0.4, 0.5) is 8.78 Å². The van der Waals surface area contributed by atoms with Gasteiger partial charge in [-0.15, -0.1) is 24.0 Å². The molecule has 1 saturated carbocycles. The first kappa shape index (κ1) is 23.7. The Morgan fingerprint density at radius 1 is 1.30 bits per heavy atom. The molecule has 154 valence electrons. The van der Waals surface area contributed by atoms with Crippen molar-refractivity contribution >= 4 is 29.9 Å². The molecule has 0 amide bonds. The number of hydrogen-bond acceptors (Lipinski definition) is 4. The highest BCUT2D eigenvalue weighted by molar-refractivity contribution is 14.0. The van der Waals surface area contributed by atoms with E-state index in [1.54, 1.807) is 19.2 Å². The van der Waals surface area contributed by atoms with Crippen LogP contribution in [0.1, 0.15) is 24.8 Å². The first-order valence-corrected chi connectivity index (χ1v) is 8.76. The minimum Gasteiger partial charge on any atom is -0.497 e. The van der Waals surface area contributed by atoms with Crippen LogP contribution in [-0.2, 0) is 11.3 Å². The normalized spacial score (nSPS) is 13.9. The number of aliphatic imine (C=N–C) groups is 1. The molecule has 1 aromatic rings. The molecular formula is C18H28F2IN3O3. The number of halogens is 3. The van der Waals surface area contributed by atoms with E-state index in [4.69, 9.17) is 9.47 Å². The number of methoxy groups -OCH3 is 1. The predicted octanol–water partition coefficient (Wildman–Crippen LogP) is 3.40. The second-order valence-corrected chi connectivity index (χ2v) is 6.08. The van der Waals surface area contributed by atoms with Crippen molar-refractivity contribution in [3.63, 3.8) is 0 Å². The molecule has 0 aliphatic heterocycles. The van der Waals surface area contributed by atoms with Gasteiger partial charge in [0.25, 0.3) is 0 Å². The van der Waals surface area contributed by atoms with E-state index in [0.29, 0.717) is 30.4 Å². The van der Waals surface area contributed by atoms with Gasteiger partial charge < -0.3 is 24.8 Å². The molecule has 0 bridgehead atoms. The van der Waals surface area contributed by atoms with Crippen molar-refractivity contribution in [2.24, 2.45) is 10.9 Å².